The van der Waals surface area contributed by atoms with Gasteiger partial charge in [-0.05, 0) is 189 Å². The van der Waals surface area contributed by atoms with Gasteiger partial charge in [0.25, 0.3) is 0 Å². The van der Waals surface area contributed by atoms with Gasteiger partial charge in [-0.15, -0.1) is 0 Å². The number of hydrogen-bond donors (Lipinski definition) is 16. The van der Waals surface area contributed by atoms with Crippen molar-refractivity contribution in [3.05, 3.63) is 135 Å². The van der Waals surface area contributed by atoms with E-state index in [1.165, 1.54) is 66.7 Å². The maximum atomic E-state index is 16.7. The number of fused-ring (bicyclic) bond motifs is 16. The molecule has 15 bridgehead atoms. The van der Waals surface area contributed by atoms with Crippen molar-refractivity contribution in [1.82, 2.24) is 42.5 Å². The summed E-state index contributed by atoms with van der Waals surface area (Å²) in [5, 5.41) is 108. The number of aliphatic hydroxyl groups excluding tert-OH is 4. The molecule has 6 aromatic rings. The molecule has 16 N–H and O–H groups in total. The normalized spacial score (nSPS) is 27.5. The van der Waals surface area contributed by atoms with Crippen molar-refractivity contribution in [3.63, 3.8) is 0 Å². The van der Waals surface area contributed by atoms with Crippen molar-refractivity contribution in [3.8, 4) is 68.6 Å². The van der Waals surface area contributed by atoms with Crippen LogP contribution >= 0.6 is 23.2 Å². The number of likely N-dealkylation sites (N-methyl/N-ethyl adjacent to an activating group) is 2. The number of nitrogens with one attached hydrogen (secondary N) is 9. The fourth-order valence-corrected chi connectivity index (χ4v) is 18.9. The van der Waals surface area contributed by atoms with E-state index in [0.717, 1.165) is 62.4 Å². The number of urea groups is 1. The minimum atomic E-state index is -2.23. The average molecular weight is 1730 g/mol. The van der Waals surface area contributed by atoms with E-state index in [2.05, 4.69) is 47.9 Å². The van der Waals surface area contributed by atoms with Gasteiger partial charge < -0.3 is 111 Å². The number of benzene rings is 6. The van der Waals surface area contributed by atoms with Crippen LogP contribution in [-0.4, -0.2) is 184 Å². The average Bonchev–Trinajstić information content (AvgIpc) is 0.752. The molecule has 0 unspecified atom stereocenters. The topological polar surface area (TPSA) is 485 Å². The first-order valence-electron chi connectivity index (χ1n) is 41.0. The molecular formula is C87H99Cl2N9O24. The first kappa shape index (κ1) is 87.5. The molecule has 33 nitrogen and oxygen atoms in total. The molecule has 6 fully saturated rings. The van der Waals surface area contributed by atoms with Gasteiger partial charge in [0.05, 0.1) is 34.1 Å². The minimum Gasteiger partial charge on any atom is -0.508 e. The number of carbonyl (C=O) groups is 10. The summed E-state index contributed by atoms with van der Waals surface area (Å²) in [5.74, 6) is -15.6. The quantitative estimate of drug-likeness (QED) is 0.0303. The van der Waals surface area contributed by atoms with E-state index in [1.807, 2.05) is 13.8 Å². The van der Waals surface area contributed by atoms with Gasteiger partial charge in [-0.3, -0.25) is 43.7 Å². The van der Waals surface area contributed by atoms with E-state index >= 15 is 28.8 Å². The highest BCUT2D eigenvalue weighted by Gasteiger charge is 2.53. The van der Waals surface area contributed by atoms with Crippen molar-refractivity contribution in [2.75, 3.05) is 52.3 Å². The van der Waals surface area contributed by atoms with Crippen LogP contribution in [0.3, 0.4) is 0 Å². The SMILES string of the molecule is CC[C@H](CC(C)C)C(=O)N[C@H]1C(=O)C[C@@H](CC(=O)NC(=O)Nc2ccc(OCCNC)cc2OCCNC)C(=O)N[C@H]2C(=O)C[C@H]3C(=O)N[C@H](C(=O)N[C@H](C(=O)CC4C5CC6CC(C5)CC4C6)c4cc(O)cc(O)c4-c4cc3ccc4O)[C@H](O)c3ccc(c(Cl)c3)Oc3cc2cc(c3O[C@@H]2O[C@@H]3CNC(=O)O[C@H]3[C@H](O)[C@H]2O)Oc2ccc(cc2Cl)[C@H]1O. The molecule has 122 heavy (non-hydrogen) atoms. The number of phenols is 3. The Bertz CT molecular complexity index is 5020. The molecule has 7 aliphatic heterocycles. The summed E-state index contributed by atoms with van der Waals surface area (Å²) in [5.41, 5.74) is -1.55. The Hall–Kier alpha value is -10.9. The molecule has 650 valence electrons. The molecule has 7 heterocycles. The van der Waals surface area contributed by atoms with Gasteiger partial charge in [-0.1, -0.05) is 62.2 Å². The van der Waals surface area contributed by atoms with Gasteiger partial charge in [-0.2, -0.15) is 0 Å². The van der Waals surface area contributed by atoms with Gasteiger partial charge in [0.15, 0.2) is 35.0 Å². The van der Waals surface area contributed by atoms with E-state index in [1.54, 1.807) is 21.0 Å². The first-order chi connectivity index (χ1) is 58.4. The lowest BCUT2D eigenvalue weighted by Crippen LogP contribution is -2.65. The first-order valence-corrected chi connectivity index (χ1v) is 41.8. The molecule has 2 saturated heterocycles. The minimum absolute atomic E-state index is 0.0503. The summed E-state index contributed by atoms with van der Waals surface area (Å²) in [6.07, 6.45) is -11.7. The van der Waals surface area contributed by atoms with Gasteiger partial charge in [-0.25, -0.2) is 9.59 Å². The van der Waals surface area contributed by atoms with Gasteiger partial charge >= 0.3 is 12.1 Å². The zero-order valence-electron chi connectivity index (χ0n) is 67.4. The van der Waals surface area contributed by atoms with Crippen molar-refractivity contribution in [2.45, 2.75) is 164 Å². The van der Waals surface area contributed by atoms with Crippen molar-refractivity contribution >= 4 is 87.9 Å². The third kappa shape index (κ3) is 19.1. The number of aromatic hydroxyl groups is 3. The molecule has 6 aromatic carbocycles. The number of amides is 8. The lowest BCUT2D eigenvalue weighted by Gasteiger charge is -2.54. The van der Waals surface area contributed by atoms with Crippen LogP contribution in [0.25, 0.3) is 11.1 Å². The molecule has 0 radical (unpaired) electrons. The van der Waals surface area contributed by atoms with Gasteiger partial charge in [0.2, 0.25) is 41.6 Å². The summed E-state index contributed by atoms with van der Waals surface area (Å²) < 4.78 is 43.4. The number of ether oxygens (including phenoxy) is 7. The Morgan fingerprint density at radius 3 is 1.95 bits per heavy atom. The largest absolute Gasteiger partial charge is 0.508 e. The summed E-state index contributed by atoms with van der Waals surface area (Å²) in [4.78, 5) is 152. The Labute approximate surface area is 711 Å². The molecule has 14 atom stereocenters. The zero-order chi connectivity index (χ0) is 86.8. The van der Waals surface area contributed by atoms with E-state index in [4.69, 9.17) is 56.4 Å². The van der Waals surface area contributed by atoms with Gasteiger partial charge in [0.1, 0.15) is 108 Å². The lowest BCUT2D eigenvalue weighted by molar-refractivity contribution is -0.275. The molecule has 0 aromatic heterocycles. The summed E-state index contributed by atoms with van der Waals surface area (Å²) in [7, 11) is 3.44. The lowest BCUT2D eigenvalue weighted by atomic mass is 9.51. The third-order valence-corrected chi connectivity index (χ3v) is 24.9. The number of alkyl carbamates (subject to hydrolysis) is 1. The Kier molecular flexibility index (Phi) is 26.8. The standard InChI is InChI=1S/C87H99Cl2N9O24/c1-6-41(19-38(2)3)81(110)97-73-60(102)28-48(31-69(105)94-86(114)93-57-11-10-50(116-17-15-90-4)34-65(57)117-18-16-91-5)82(111)95-71-47-29-66(118-63-13-8-43(75(73)106)26-55(63)88)79(121-85-78(109)77(108)80-68(120-85)37-92-87(115)122-80)67(30-47)119-64-14-9-44(27-56(64)89)76(107)74-84(113)96-72(62(104)35-51-45-21-39-20-40(23-45)24-46(51)22-39)54-32-49(99)33-59(101)70(54)53-25-42(7-12-58(53)100)52(36-61(71)103)83(112)98-74/h7-14,25-27,29-30,32-34,38-41,45-46,48,51-52,68,71-78,80,85,90-91,99-101,106-109H,6,15-24,28,31,35-37H2,1-5H3,(H,92,115)(H,95,111)(H,96,113)(H,97,110)(H,98,112)(H2,93,94,105,114)/t39?,40?,41-,45?,46?,48+,51?,52-,68-,71-,72+,73+,74+,75-,76-,77-,78-,80-,85+/m1/s1. The van der Waals surface area contributed by atoms with Crippen LogP contribution in [0.2, 0.25) is 10.0 Å². The molecule has 11 aliphatic rings. The number of anilines is 1. The van der Waals surface area contributed by atoms with E-state index in [0.29, 0.717) is 37.1 Å². The highest BCUT2D eigenvalue weighted by Crippen LogP contribution is 2.58. The van der Waals surface area contributed by atoms with Crippen LogP contribution in [0, 0.1) is 47.3 Å². The Morgan fingerprint density at radius 1 is 0.648 bits per heavy atom. The van der Waals surface area contributed by atoms with E-state index < -0.39 is 198 Å². The monoisotopic (exact) mass is 1720 g/mol. The fourth-order valence-electron chi connectivity index (χ4n) is 18.4. The summed E-state index contributed by atoms with van der Waals surface area (Å²) in [6, 6.07) is 10.5. The van der Waals surface area contributed by atoms with Crippen LogP contribution in [0.5, 0.6) is 57.5 Å². The zero-order valence-corrected chi connectivity index (χ0v) is 68.9. The summed E-state index contributed by atoms with van der Waals surface area (Å²) in [6.45, 7) is 6.43. The molecule has 0 spiro atoms. The van der Waals surface area contributed by atoms with Crippen molar-refractivity contribution in [2.24, 2.45) is 47.3 Å². The number of phenolic OH excluding ortho intramolecular Hbond substituents is 3. The third-order valence-electron chi connectivity index (χ3n) is 24.3. The maximum absolute atomic E-state index is 16.7. The molecule has 17 rings (SSSR count). The molecule has 4 saturated carbocycles. The second kappa shape index (κ2) is 37.4. The highest BCUT2D eigenvalue weighted by molar-refractivity contribution is 6.32. The van der Waals surface area contributed by atoms with Gasteiger partial charge in [0, 0.05) is 68.0 Å². The number of hydrogen-bond acceptors (Lipinski definition) is 26. The second-order valence-corrected chi connectivity index (χ2v) is 33.9. The second-order valence-electron chi connectivity index (χ2n) is 33.1. The Balaban J connectivity index is 0.934. The predicted molar refractivity (Wildman–Crippen MR) is 437 cm³/mol. The molecule has 8 amide bonds. The van der Waals surface area contributed by atoms with Crippen LogP contribution in [0.1, 0.15) is 149 Å². The van der Waals surface area contributed by atoms with Crippen molar-refractivity contribution in [1.29, 1.82) is 0 Å². The molecule has 35 heteroatoms. The van der Waals surface area contributed by atoms with Crippen LogP contribution < -0.4 is 71.5 Å². The smallest absolute Gasteiger partial charge is 0.407 e. The number of aliphatic hydroxyl groups is 4. The predicted octanol–water partition coefficient (Wildman–Crippen LogP) is 8.04. The molecule has 4 aliphatic carbocycles. The van der Waals surface area contributed by atoms with Crippen LogP contribution in [-0.2, 0) is 47.8 Å². The van der Waals surface area contributed by atoms with Crippen molar-refractivity contribution < 1.29 is 117 Å². The summed E-state index contributed by atoms with van der Waals surface area (Å²) >= 11 is 14.4. The number of rotatable bonds is 21. The van der Waals surface area contributed by atoms with E-state index in [-0.39, 0.29) is 128 Å². The number of Topliss-reactive ketones (excluding diaryl/α,β-unsaturated/α-hetero) is 3. The van der Waals surface area contributed by atoms with E-state index in [9.17, 15) is 54.9 Å². The van der Waals surface area contributed by atoms with Crippen LogP contribution in [0.15, 0.2) is 97.1 Å². The van der Waals surface area contributed by atoms with Crippen LogP contribution in [0.4, 0.5) is 15.3 Å². The highest BCUT2D eigenvalue weighted by atomic mass is 35.5. The Morgan fingerprint density at radius 2 is 1.30 bits per heavy atom. The molecular weight excluding hydrogens is 1630 g/mol. The fraction of sp³-hybridized carbons (Fsp3) is 0.471. The number of imide groups is 1. The number of halogens is 2. The number of carbonyl (C=O) groups excluding carboxylic acids is 10. The maximum Gasteiger partial charge on any atom is 0.407 e. The number of ketones is 3.